The molecular weight excluding hydrogens is 391 g/mol. The van der Waals surface area contributed by atoms with Crippen molar-refractivity contribution in [2.75, 3.05) is 6.67 Å². The summed E-state index contributed by atoms with van der Waals surface area (Å²) >= 11 is 0. The molecule has 1 aromatic carbocycles. The van der Waals surface area contributed by atoms with Gasteiger partial charge in [-0.05, 0) is 36.8 Å². The summed E-state index contributed by atoms with van der Waals surface area (Å²) in [5.41, 5.74) is 6.27. The van der Waals surface area contributed by atoms with Crippen LogP contribution >= 0.6 is 0 Å². The lowest BCUT2D eigenvalue weighted by Gasteiger charge is -2.24. The first kappa shape index (κ1) is 19.4. The Morgan fingerprint density at radius 2 is 1.77 bits per heavy atom. The molecule has 0 unspecified atom stereocenters. The Morgan fingerprint density at radius 3 is 2.52 bits per heavy atom. The number of fused-ring (bicyclic) bond motifs is 1. The van der Waals surface area contributed by atoms with Gasteiger partial charge in [-0.15, -0.1) is 0 Å². The van der Waals surface area contributed by atoms with Crippen molar-refractivity contribution in [2.45, 2.75) is 38.1 Å². The van der Waals surface area contributed by atoms with E-state index in [0.717, 1.165) is 59.1 Å². The molecule has 0 aliphatic heterocycles. The second kappa shape index (κ2) is 8.31. The van der Waals surface area contributed by atoms with E-state index < -0.39 is 6.67 Å². The molecule has 6 nitrogen and oxygen atoms in total. The van der Waals surface area contributed by atoms with Crippen molar-refractivity contribution in [1.29, 1.82) is 5.26 Å². The molecule has 0 N–H and O–H groups in total. The van der Waals surface area contributed by atoms with Gasteiger partial charge < -0.3 is 0 Å². The van der Waals surface area contributed by atoms with Gasteiger partial charge in [-0.3, -0.25) is 9.67 Å². The molecule has 0 radical (unpaired) electrons. The molecule has 0 bridgehead atoms. The minimum atomic E-state index is -0.427. The zero-order valence-electron chi connectivity index (χ0n) is 17.2. The summed E-state index contributed by atoms with van der Waals surface area (Å²) in [6.07, 6.45) is 13.0. The van der Waals surface area contributed by atoms with Crippen LogP contribution in [0, 0.1) is 17.2 Å². The quantitative estimate of drug-likeness (QED) is 0.459. The number of nitriles is 1. The summed E-state index contributed by atoms with van der Waals surface area (Å²) in [5.74, 6) is 0.520. The molecular formula is C24H23FN6. The highest BCUT2D eigenvalue weighted by Gasteiger charge is 2.26. The topological polar surface area (TPSA) is 71.8 Å². The van der Waals surface area contributed by atoms with Gasteiger partial charge >= 0.3 is 0 Å². The Hall–Kier alpha value is -3.53. The molecule has 0 saturated heterocycles. The summed E-state index contributed by atoms with van der Waals surface area (Å²) in [4.78, 5) is 4.74. The van der Waals surface area contributed by atoms with Crippen LogP contribution in [-0.2, 0) is 6.54 Å². The van der Waals surface area contributed by atoms with E-state index in [4.69, 9.17) is 4.98 Å². The lowest BCUT2D eigenvalue weighted by atomic mass is 9.80. The lowest BCUT2D eigenvalue weighted by molar-refractivity contribution is 0.378. The van der Waals surface area contributed by atoms with Gasteiger partial charge in [0.15, 0.2) is 0 Å². The third kappa shape index (κ3) is 3.70. The Kier molecular flexibility index (Phi) is 5.21. The van der Waals surface area contributed by atoms with Crippen LogP contribution in [0.5, 0.6) is 0 Å². The molecule has 31 heavy (non-hydrogen) atoms. The zero-order chi connectivity index (χ0) is 21.2. The van der Waals surface area contributed by atoms with Crippen molar-refractivity contribution in [1.82, 2.24) is 24.4 Å². The number of aromatic nitrogens is 5. The number of aryl methyl sites for hydroxylation is 1. The smallest absolute Gasteiger partial charge is 0.109 e. The molecule has 0 amide bonds. The van der Waals surface area contributed by atoms with Gasteiger partial charge in [0.1, 0.15) is 6.67 Å². The number of rotatable bonds is 5. The molecule has 5 rings (SSSR count). The number of benzene rings is 1. The van der Waals surface area contributed by atoms with Crippen LogP contribution in [0.4, 0.5) is 4.39 Å². The highest BCUT2D eigenvalue weighted by Crippen LogP contribution is 2.38. The van der Waals surface area contributed by atoms with Crippen LogP contribution in [0.1, 0.15) is 37.3 Å². The Bertz CT molecular complexity index is 1230. The Labute approximate surface area is 180 Å². The first-order valence-corrected chi connectivity index (χ1v) is 10.7. The average Bonchev–Trinajstić information content (AvgIpc) is 3.47. The summed E-state index contributed by atoms with van der Waals surface area (Å²) in [7, 11) is 0. The van der Waals surface area contributed by atoms with E-state index in [1.165, 1.54) is 0 Å². The highest BCUT2D eigenvalue weighted by molar-refractivity contribution is 5.83. The molecule has 0 atom stereocenters. The second-order valence-corrected chi connectivity index (χ2v) is 8.10. The number of nitrogens with zero attached hydrogens (tertiary/aromatic N) is 6. The molecule has 1 aliphatic carbocycles. The standard InChI is InChI=1S/C24H23FN6/c25-9-11-30-16-21(14-28-30)18-5-7-19(8-6-18)22-15-29-31-12-10-27-23(24(22)31)20-3-1-17(13-26)2-4-20/h5-8,10,12,14-17,20H,1-4,9,11H2/t17-,20+. The van der Waals surface area contributed by atoms with E-state index >= 15 is 0 Å². The van der Waals surface area contributed by atoms with E-state index in [0.29, 0.717) is 5.92 Å². The minimum Gasteiger partial charge on any atom is -0.269 e. The van der Waals surface area contributed by atoms with Crippen LogP contribution in [-0.4, -0.2) is 31.1 Å². The molecule has 3 heterocycles. The SMILES string of the molecule is N#C[C@H]1CC[C@@H](c2nccn3ncc(-c4ccc(-c5cnn(CCF)c5)cc4)c23)CC1. The summed E-state index contributed by atoms with van der Waals surface area (Å²) in [6, 6.07) is 10.7. The zero-order valence-corrected chi connectivity index (χ0v) is 17.2. The van der Waals surface area contributed by atoms with Gasteiger partial charge in [-0.2, -0.15) is 15.5 Å². The first-order valence-electron chi connectivity index (χ1n) is 10.7. The maximum absolute atomic E-state index is 12.5. The van der Waals surface area contributed by atoms with Gasteiger partial charge in [-0.1, -0.05) is 24.3 Å². The minimum absolute atomic E-state index is 0.169. The van der Waals surface area contributed by atoms with Crippen molar-refractivity contribution in [2.24, 2.45) is 5.92 Å². The lowest BCUT2D eigenvalue weighted by Crippen LogP contribution is -2.14. The third-order valence-corrected chi connectivity index (χ3v) is 6.23. The fraction of sp³-hybridized carbons (Fsp3) is 0.333. The maximum Gasteiger partial charge on any atom is 0.109 e. The fourth-order valence-electron chi connectivity index (χ4n) is 4.54. The van der Waals surface area contributed by atoms with Gasteiger partial charge in [-0.25, -0.2) is 8.91 Å². The molecule has 0 spiro atoms. The molecule has 1 fully saturated rings. The maximum atomic E-state index is 12.5. The number of hydrogen-bond donors (Lipinski definition) is 0. The predicted octanol–water partition coefficient (Wildman–Crippen LogP) is 5.03. The highest BCUT2D eigenvalue weighted by atomic mass is 19.1. The van der Waals surface area contributed by atoms with Crippen molar-refractivity contribution in [3.8, 4) is 28.3 Å². The molecule has 7 heteroatoms. The first-order chi connectivity index (χ1) is 15.3. The molecule has 4 aromatic rings. The van der Waals surface area contributed by atoms with Crippen LogP contribution in [0.3, 0.4) is 0 Å². The van der Waals surface area contributed by atoms with Crippen molar-refractivity contribution in [3.63, 3.8) is 0 Å². The summed E-state index contributed by atoms with van der Waals surface area (Å²) < 4.78 is 16.1. The van der Waals surface area contributed by atoms with E-state index in [1.807, 2.05) is 29.3 Å². The van der Waals surface area contributed by atoms with E-state index in [2.05, 4.69) is 40.5 Å². The van der Waals surface area contributed by atoms with Gasteiger partial charge in [0.25, 0.3) is 0 Å². The van der Waals surface area contributed by atoms with Crippen LogP contribution in [0.25, 0.3) is 27.8 Å². The van der Waals surface area contributed by atoms with Crippen molar-refractivity contribution in [3.05, 3.63) is 60.9 Å². The average molecular weight is 414 g/mol. The van der Waals surface area contributed by atoms with E-state index in [-0.39, 0.29) is 12.5 Å². The molecule has 1 aliphatic rings. The van der Waals surface area contributed by atoms with Crippen LogP contribution in [0.15, 0.2) is 55.2 Å². The van der Waals surface area contributed by atoms with Crippen LogP contribution in [0.2, 0.25) is 0 Å². The van der Waals surface area contributed by atoms with Gasteiger partial charge in [0.05, 0.1) is 36.2 Å². The largest absolute Gasteiger partial charge is 0.269 e. The fourth-order valence-corrected chi connectivity index (χ4v) is 4.54. The number of alkyl halides is 1. The van der Waals surface area contributed by atoms with Gasteiger partial charge in [0.2, 0.25) is 0 Å². The third-order valence-electron chi connectivity index (χ3n) is 6.23. The van der Waals surface area contributed by atoms with Crippen molar-refractivity contribution >= 4 is 5.52 Å². The number of hydrogen-bond acceptors (Lipinski definition) is 4. The molecule has 3 aromatic heterocycles. The van der Waals surface area contributed by atoms with Crippen LogP contribution < -0.4 is 0 Å². The van der Waals surface area contributed by atoms with E-state index in [9.17, 15) is 9.65 Å². The van der Waals surface area contributed by atoms with Gasteiger partial charge in [0, 0.05) is 41.6 Å². The Morgan fingerprint density at radius 1 is 1.00 bits per heavy atom. The predicted molar refractivity (Wildman–Crippen MR) is 116 cm³/mol. The van der Waals surface area contributed by atoms with Crippen molar-refractivity contribution < 1.29 is 4.39 Å². The van der Waals surface area contributed by atoms with E-state index in [1.54, 1.807) is 10.9 Å². The summed E-state index contributed by atoms with van der Waals surface area (Å²) in [5, 5.41) is 18.0. The Balaban J connectivity index is 1.47. The molecule has 156 valence electrons. The normalized spacial score (nSPS) is 18.8. The monoisotopic (exact) mass is 414 g/mol. The molecule has 1 saturated carbocycles. The summed E-state index contributed by atoms with van der Waals surface area (Å²) in [6.45, 7) is -0.157. The second-order valence-electron chi connectivity index (χ2n) is 8.10. The number of halogens is 1.